The summed E-state index contributed by atoms with van der Waals surface area (Å²) in [5.41, 5.74) is 0.760. The van der Waals surface area contributed by atoms with Crippen LogP contribution >= 0.6 is 0 Å². The van der Waals surface area contributed by atoms with Crippen molar-refractivity contribution in [2.75, 3.05) is 13.2 Å². The Morgan fingerprint density at radius 2 is 2.29 bits per heavy atom. The second kappa shape index (κ2) is 6.69. The monoisotopic (exact) mass is 329 g/mol. The quantitative estimate of drug-likeness (QED) is 0.869. The van der Waals surface area contributed by atoms with E-state index in [9.17, 15) is 9.59 Å². The van der Waals surface area contributed by atoms with Crippen LogP contribution in [0, 0.1) is 0 Å². The van der Waals surface area contributed by atoms with Gasteiger partial charge in [0.2, 0.25) is 0 Å². The van der Waals surface area contributed by atoms with Gasteiger partial charge in [0.1, 0.15) is 24.5 Å². The highest BCUT2D eigenvalue weighted by molar-refractivity contribution is 6.01. The van der Waals surface area contributed by atoms with E-state index in [0.29, 0.717) is 35.9 Å². The molecule has 2 heterocycles. The first-order chi connectivity index (χ1) is 11.6. The van der Waals surface area contributed by atoms with E-state index in [1.165, 1.54) is 6.33 Å². The molecule has 0 saturated heterocycles. The summed E-state index contributed by atoms with van der Waals surface area (Å²) in [5, 5.41) is 9.65. The summed E-state index contributed by atoms with van der Waals surface area (Å²) in [7, 11) is 0. The number of amides is 2. The van der Waals surface area contributed by atoms with Crippen molar-refractivity contribution in [3.8, 4) is 5.75 Å². The molecule has 126 valence electrons. The Morgan fingerprint density at radius 3 is 3.08 bits per heavy atom. The van der Waals surface area contributed by atoms with E-state index in [1.807, 2.05) is 13.8 Å². The van der Waals surface area contributed by atoms with Gasteiger partial charge in [-0.05, 0) is 32.0 Å². The first-order valence-corrected chi connectivity index (χ1v) is 7.78. The Morgan fingerprint density at radius 1 is 1.46 bits per heavy atom. The lowest BCUT2D eigenvalue weighted by atomic mass is 10.1. The molecule has 0 fully saturated rings. The predicted molar refractivity (Wildman–Crippen MR) is 85.8 cm³/mol. The van der Waals surface area contributed by atoms with Crippen LogP contribution in [-0.2, 0) is 6.54 Å². The van der Waals surface area contributed by atoms with Crippen LogP contribution in [0.1, 0.15) is 46.4 Å². The fourth-order valence-corrected chi connectivity index (χ4v) is 2.49. The molecule has 2 aromatic rings. The fraction of sp³-hybridized carbons (Fsp3) is 0.375. The molecule has 0 aliphatic carbocycles. The van der Waals surface area contributed by atoms with Crippen LogP contribution in [0.25, 0.3) is 0 Å². The van der Waals surface area contributed by atoms with Gasteiger partial charge in [0.15, 0.2) is 0 Å². The molecule has 3 rings (SSSR count). The van der Waals surface area contributed by atoms with Crippen LogP contribution in [0.4, 0.5) is 0 Å². The maximum Gasteiger partial charge on any atom is 0.255 e. The third-order valence-corrected chi connectivity index (χ3v) is 3.68. The number of benzene rings is 1. The molecule has 8 nitrogen and oxygen atoms in total. The molecule has 0 spiro atoms. The van der Waals surface area contributed by atoms with Gasteiger partial charge in [0.25, 0.3) is 11.8 Å². The molecule has 0 radical (unpaired) electrons. The van der Waals surface area contributed by atoms with Crippen molar-refractivity contribution < 1.29 is 14.3 Å². The molecule has 1 aliphatic heterocycles. The van der Waals surface area contributed by atoms with Crippen LogP contribution in [0.5, 0.6) is 5.75 Å². The molecule has 24 heavy (non-hydrogen) atoms. The van der Waals surface area contributed by atoms with Crippen LogP contribution < -0.4 is 15.4 Å². The van der Waals surface area contributed by atoms with Gasteiger partial charge in [0.05, 0.1) is 18.7 Å². The van der Waals surface area contributed by atoms with Crippen molar-refractivity contribution in [1.82, 2.24) is 25.4 Å². The number of hydrogen-bond acceptors (Lipinski definition) is 5. The van der Waals surface area contributed by atoms with Gasteiger partial charge in [-0.2, -0.15) is 5.10 Å². The minimum absolute atomic E-state index is 0.160. The number of fused-ring (bicyclic) bond motifs is 1. The molecule has 0 saturated carbocycles. The highest BCUT2D eigenvalue weighted by atomic mass is 16.5. The summed E-state index contributed by atoms with van der Waals surface area (Å²) in [6, 6.07) is 4.98. The zero-order valence-corrected chi connectivity index (χ0v) is 13.6. The molecule has 8 heteroatoms. The Hall–Kier alpha value is -2.90. The number of hydrogen-bond donors (Lipinski definition) is 2. The summed E-state index contributed by atoms with van der Waals surface area (Å²) in [6.07, 6.45) is 1.46. The van der Waals surface area contributed by atoms with E-state index in [4.69, 9.17) is 4.74 Å². The number of carbonyl (C=O) groups excluding carboxylic acids is 2. The number of aromatic nitrogens is 3. The summed E-state index contributed by atoms with van der Waals surface area (Å²) in [4.78, 5) is 28.5. The number of nitrogens with one attached hydrogen (secondary N) is 2. The van der Waals surface area contributed by atoms with Crippen molar-refractivity contribution in [3.05, 3.63) is 41.5 Å². The molecule has 1 aromatic heterocycles. The summed E-state index contributed by atoms with van der Waals surface area (Å²) in [6.45, 7) is 5.10. The average molecular weight is 329 g/mol. The van der Waals surface area contributed by atoms with Crippen LogP contribution in [0.3, 0.4) is 0 Å². The summed E-state index contributed by atoms with van der Waals surface area (Å²) in [5.74, 6) is 0.639. The van der Waals surface area contributed by atoms with Gasteiger partial charge >= 0.3 is 0 Å². The molecular weight excluding hydrogens is 310 g/mol. The molecule has 2 amide bonds. The molecular formula is C16H19N5O3. The fourth-order valence-electron chi connectivity index (χ4n) is 2.49. The molecule has 2 N–H and O–H groups in total. The highest BCUT2D eigenvalue weighted by Crippen LogP contribution is 2.21. The first-order valence-electron chi connectivity index (χ1n) is 7.78. The van der Waals surface area contributed by atoms with Crippen molar-refractivity contribution in [1.29, 1.82) is 0 Å². The Balaban J connectivity index is 1.74. The third-order valence-electron chi connectivity index (χ3n) is 3.68. The molecule has 0 bridgehead atoms. The Bertz CT molecular complexity index is 769. The zero-order chi connectivity index (χ0) is 17.1. The van der Waals surface area contributed by atoms with Gasteiger partial charge in [-0.1, -0.05) is 0 Å². The second-order valence-electron chi connectivity index (χ2n) is 5.71. The average Bonchev–Trinajstić information content (AvgIpc) is 2.97. The minimum atomic E-state index is -0.284. The predicted octanol–water partition coefficient (Wildman–Crippen LogP) is 0.911. The van der Waals surface area contributed by atoms with Crippen molar-refractivity contribution in [2.24, 2.45) is 0 Å². The topological polar surface area (TPSA) is 98.1 Å². The van der Waals surface area contributed by atoms with E-state index in [2.05, 4.69) is 20.7 Å². The number of rotatable bonds is 4. The van der Waals surface area contributed by atoms with Gasteiger partial charge < -0.3 is 15.4 Å². The number of nitrogens with zero attached hydrogens (tertiary/aromatic N) is 3. The lowest BCUT2D eigenvalue weighted by molar-refractivity contribution is 0.0949. The van der Waals surface area contributed by atoms with E-state index in [1.54, 1.807) is 22.9 Å². The van der Waals surface area contributed by atoms with Crippen LogP contribution in [-0.4, -0.2) is 39.7 Å². The van der Waals surface area contributed by atoms with E-state index < -0.39 is 0 Å². The highest BCUT2D eigenvalue weighted by Gasteiger charge is 2.19. The number of ether oxygens (including phenoxy) is 1. The Labute approximate surface area is 139 Å². The lowest BCUT2D eigenvalue weighted by Crippen LogP contribution is -2.26. The van der Waals surface area contributed by atoms with Gasteiger partial charge in [-0.3, -0.25) is 9.59 Å². The summed E-state index contributed by atoms with van der Waals surface area (Å²) >= 11 is 0. The van der Waals surface area contributed by atoms with Crippen molar-refractivity contribution in [3.63, 3.8) is 0 Å². The minimum Gasteiger partial charge on any atom is -0.491 e. The zero-order valence-electron chi connectivity index (χ0n) is 13.6. The van der Waals surface area contributed by atoms with Gasteiger partial charge in [0, 0.05) is 11.6 Å². The Kier molecular flexibility index (Phi) is 4.45. The lowest BCUT2D eigenvalue weighted by Gasteiger charge is -2.11. The van der Waals surface area contributed by atoms with Crippen LogP contribution in [0.2, 0.25) is 0 Å². The van der Waals surface area contributed by atoms with E-state index in [0.717, 1.165) is 0 Å². The smallest absolute Gasteiger partial charge is 0.255 e. The summed E-state index contributed by atoms with van der Waals surface area (Å²) < 4.78 is 7.23. The molecule has 1 aromatic carbocycles. The normalized spacial score (nSPS) is 13.7. The van der Waals surface area contributed by atoms with Gasteiger partial charge in [-0.15, -0.1) is 0 Å². The standard InChI is InChI=1S/C16H19N5O3/c1-10(2)21-14(19-9-20-21)8-18-15(22)11-3-4-13-12(7-11)16(23)17-5-6-24-13/h3-4,7,9-10H,5-6,8H2,1-2H3,(H,17,23)(H,18,22). The molecule has 0 atom stereocenters. The number of carbonyl (C=O) groups is 2. The maximum absolute atomic E-state index is 12.4. The largest absolute Gasteiger partial charge is 0.491 e. The van der Waals surface area contributed by atoms with E-state index >= 15 is 0 Å². The third kappa shape index (κ3) is 3.22. The maximum atomic E-state index is 12.4. The molecule has 1 aliphatic rings. The van der Waals surface area contributed by atoms with Gasteiger partial charge in [-0.25, -0.2) is 9.67 Å². The SMILES string of the molecule is CC(C)n1ncnc1CNC(=O)c1ccc2c(c1)C(=O)NCCO2. The van der Waals surface area contributed by atoms with Crippen LogP contribution in [0.15, 0.2) is 24.5 Å². The second-order valence-corrected chi connectivity index (χ2v) is 5.71. The molecule has 0 unspecified atom stereocenters. The van der Waals surface area contributed by atoms with Crippen molar-refractivity contribution >= 4 is 11.8 Å². The van der Waals surface area contributed by atoms with E-state index in [-0.39, 0.29) is 24.4 Å². The first kappa shape index (κ1) is 16.0. The van der Waals surface area contributed by atoms with Crippen molar-refractivity contribution in [2.45, 2.75) is 26.4 Å².